The van der Waals surface area contributed by atoms with Gasteiger partial charge < -0.3 is 18.3 Å². The number of furan rings is 1. The average Bonchev–Trinajstić information content (AvgIpc) is 3.24. The van der Waals surface area contributed by atoms with Gasteiger partial charge in [-0.15, -0.1) is 10.2 Å². The second-order valence-corrected chi connectivity index (χ2v) is 4.69. The molecule has 7 heteroatoms. The van der Waals surface area contributed by atoms with Gasteiger partial charge in [0, 0.05) is 7.11 Å². The molecule has 0 aliphatic carbocycles. The summed E-state index contributed by atoms with van der Waals surface area (Å²) in [4.78, 5) is 12.0. The highest BCUT2D eigenvalue weighted by Gasteiger charge is 2.14. The van der Waals surface area contributed by atoms with Crippen LogP contribution in [0.25, 0.3) is 11.7 Å². The summed E-state index contributed by atoms with van der Waals surface area (Å²) in [6.45, 7) is 0.318. The van der Waals surface area contributed by atoms with Crippen LogP contribution in [0.4, 0.5) is 0 Å². The van der Waals surface area contributed by atoms with Crippen molar-refractivity contribution in [1.82, 2.24) is 10.2 Å². The van der Waals surface area contributed by atoms with Gasteiger partial charge in [0.2, 0.25) is 0 Å². The molecule has 0 amide bonds. The van der Waals surface area contributed by atoms with Crippen LogP contribution in [0.1, 0.15) is 21.8 Å². The molecule has 0 saturated carbocycles. The number of carbonyl (C=O) groups excluding carboxylic acids is 1. The van der Waals surface area contributed by atoms with E-state index in [-0.39, 0.29) is 18.4 Å². The van der Waals surface area contributed by atoms with Gasteiger partial charge in [0.1, 0.15) is 0 Å². The summed E-state index contributed by atoms with van der Waals surface area (Å²) in [7, 11) is 1.59. The molecule has 0 unspecified atom stereocenters. The van der Waals surface area contributed by atoms with Crippen LogP contribution < -0.4 is 0 Å². The van der Waals surface area contributed by atoms with Crippen molar-refractivity contribution in [3.8, 4) is 11.7 Å². The van der Waals surface area contributed by atoms with Gasteiger partial charge in [0.15, 0.2) is 12.4 Å². The molecule has 1 aromatic carbocycles. The van der Waals surface area contributed by atoms with Gasteiger partial charge >= 0.3 is 5.97 Å². The van der Waals surface area contributed by atoms with Gasteiger partial charge in [-0.3, -0.25) is 0 Å². The van der Waals surface area contributed by atoms with E-state index in [0.29, 0.717) is 17.9 Å². The fourth-order valence-electron chi connectivity index (χ4n) is 1.98. The lowest BCUT2D eigenvalue weighted by Crippen LogP contribution is -2.06. The summed E-state index contributed by atoms with van der Waals surface area (Å²) < 4.78 is 20.7. The molecule has 7 nitrogen and oxygen atoms in total. The van der Waals surface area contributed by atoms with Crippen molar-refractivity contribution >= 4 is 5.97 Å². The lowest BCUT2D eigenvalue weighted by molar-refractivity contribution is 0.0438. The first-order valence-corrected chi connectivity index (χ1v) is 6.87. The van der Waals surface area contributed by atoms with E-state index in [0.717, 1.165) is 5.56 Å². The van der Waals surface area contributed by atoms with Crippen molar-refractivity contribution in [2.75, 3.05) is 7.11 Å². The number of nitrogens with zero attached hydrogens (tertiary/aromatic N) is 2. The van der Waals surface area contributed by atoms with Gasteiger partial charge in [-0.2, -0.15) is 0 Å². The maximum Gasteiger partial charge on any atom is 0.338 e. The van der Waals surface area contributed by atoms with Crippen molar-refractivity contribution < 1.29 is 23.1 Å². The Morgan fingerprint density at radius 3 is 2.87 bits per heavy atom. The Morgan fingerprint density at radius 1 is 1.17 bits per heavy atom. The second kappa shape index (κ2) is 6.89. The Kier molecular flexibility index (Phi) is 4.49. The third kappa shape index (κ3) is 3.64. The quantitative estimate of drug-likeness (QED) is 0.646. The smallest absolute Gasteiger partial charge is 0.338 e. The summed E-state index contributed by atoms with van der Waals surface area (Å²) in [5.74, 6) is 0.420. The van der Waals surface area contributed by atoms with E-state index in [1.807, 2.05) is 6.07 Å². The number of aromatic nitrogens is 2. The Bertz CT molecular complexity index is 779. The van der Waals surface area contributed by atoms with Crippen LogP contribution >= 0.6 is 0 Å². The van der Waals surface area contributed by atoms with Crippen LogP contribution in [0.5, 0.6) is 0 Å². The number of hydrogen-bond donors (Lipinski definition) is 0. The normalized spacial score (nSPS) is 10.7. The molecule has 0 aliphatic heterocycles. The number of methoxy groups -OCH3 is 1. The molecule has 0 spiro atoms. The molecule has 2 heterocycles. The standard InChI is InChI=1S/C16H14N2O5/c1-20-9-11-4-2-5-12(8-11)16(19)22-10-14-17-18-15(23-14)13-6-3-7-21-13/h2-8H,9-10H2,1H3. The molecule has 0 radical (unpaired) electrons. The van der Waals surface area contributed by atoms with Gasteiger partial charge in [-0.1, -0.05) is 12.1 Å². The molecule has 3 aromatic rings. The van der Waals surface area contributed by atoms with E-state index in [4.69, 9.17) is 18.3 Å². The van der Waals surface area contributed by atoms with Crippen LogP contribution in [0, 0.1) is 0 Å². The third-order valence-corrected chi connectivity index (χ3v) is 3.00. The van der Waals surface area contributed by atoms with E-state index in [1.165, 1.54) is 6.26 Å². The Labute approximate surface area is 131 Å². The van der Waals surface area contributed by atoms with Crippen LogP contribution in [0.15, 0.2) is 51.5 Å². The molecule has 2 aromatic heterocycles. The predicted molar refractivity (Wildman–Crippen MR) is 78.3 cm³/mol. The number of benzene rings is 1. The molecule has 0 atom stereocenters. The zero-order valence-electron chi connectivity index (χ0n) is 12.4. The fourth-order valence-corrected chi connectivity index (χ4v) is 1.98. The minimum Gasteiger partial charge on any atom is -0.459 e. The number of carbonyl (C=O) groups is 1. The first kappa shape index (κ1) is 15.0. The molecule has 0 N–H and O–H groups in total. The number of hydrogen-bond acceptors (Lipinski definition) is 7. The van der Waals surface area contributed by atoms with E-state index >= 15 is 0 Å². The van der Waals surface area contributed by atoms with Gasteiger partial charge in [-0.25, -0.2) is 4.79 Å². The summed E-state index contributed by atoms with van der Waals surface area (Å²) in [5.41, 5.74) is 1.32. The summed E-state index contributed by atoms with van der Waals surface area (Å²) in [6, 6.07) is 10.4. The lowest BCUT2D eigenvalue weighted by Gasteiger charge is -2.04. The van der Waals surface area contributed by atoms with Crippen molar-refractivity contribution in [1.29, 1.82) is 0 Å². The van der Waals surface area contributed by atoms with Gasteiger partial charge in [-0.05, 0) is 29.8 Å². The van der Waals surface area contributed by atoms with Crippen molar-refractivity contribution in [2.24, 2.45) is 0 Å². The summed E-state index contributed by atoms with van der Waals surface area (Å²) in [5, 5.41) is 7.64. The predicted octanol–water partition coefficient (Wildman–Crippen LogP) is 2.83. The third-order valence-electron chi connectivity index (χ3n) is 3.00. The molecular weight excluding hydrogens is 300 g/mol. The fraction of sp³-hybridized carbons (Fsp3) is 0.188. The summed E-state index contributed by atoms with van der Waals surface area (Å²) in [6.07, 6.45) is 1.51. The van der Waals surface area contributed by atoms with E-state index in [9.17, 15) is 4.79 Å². The highest BCUT2D eigenvalue weighted by Crippen LogP contribution is 2.18. The first-order valence-electron chi connectivity index (χ1n) is 6.87. The minimum absolute atomic E-state index is 0.110. The first-order chi connectivity index (χ1) is 11.3. The lowest BCUT2D eigenvalue weighted by atomic mass is 10.1. The second-order valence-electron chi connectivity index (χ2n) is 4.69. The summed E-state index contributed by atoms with van der Waals surface area (Å²) >= 11 is 0. The van der Waals surface area contributed by atoms with Crippen molar-refractivity contribution in [3.63, 3.8) is 0 Å². The van der Waals surface area contributed by atoms with Gasteiger partial charge in [0.25, 0.3) is 11.8 Å². The molecular formula is C16H14N2O5. The highest BCUT2D eigenvalue weighted by atomic mass is 16.5. The zero-order valence-corrected chi connectivity index (χ0v) is 12.4. The molecule has 0 bridgehead atoms. The van der Waals surface area contributed by atoms with Crippen LogP contribution in [0.3, 0.4) is 0 Å². The number of rotatable bonds is 6. The molecule has 0 aliphatic rings. The molecule has 0 fully saturated rings. The highest BCUT2D eigenvalue weighted by molar-refractivity contribution is 5.89. The van der Waals surface area contributed by atoms with Crippen molar-refractivity contribution in [2.45, 2.75) is 13.2 Å². The zero-order chi connectivity index (χ0) is 16.1. The Morgan fingerprint density at radius 2 is 2.09 bits per heavy atom. The van der Waals surface area contributed by atoms with E-state index < -0.39 is 5.97 Å². The average molecular weight is 314 g/mol. The topological polar surface area (TPSA) is 87.6 Å². The van der Waals surface area contributed by atoms with E-state index in [1.54, 1.807) is 37.4 Å². The maximum atomic E-state index is 12.0. The van der Waals surface area contributed by atoms with E-state index in [2.05, 4.69) is 10.2 Å². The minimum atomic E-state index is -0.472. The molecule has 118 valence electrons. The Hall–Kier alpha value is -2.93. The Balaban J connectivity index is 1.62. The number of ether oxygens (including phenoxy) is 2. The maximum absolute atomic E-state index is 12.0. The number of esters is 1. The van der Waals surface area contributed by atoms with Crippen LogP contribution in [0.2, 0.25) is 0 Å². The van der Waals surface area contributed by atoms with Crippen LogP contribution in [-0.2, 0) is 22.7 Å². The molecule has 0 saturated heterocycles. The molecule has 23 heavy (non-hydrogen) atoms. The monoisotopic (exact) mass is 314 g/mol. The van der Waals surface area contributed by atoms with Crippen LogP contribution in [-0.4, -0.2) is 23.3 Å². The van der Waals surface area contributed by atoms with Crippen molar-refractivity contribution in [3.05, 3.63) is 59.7 Å². The largest absolute Gasteiger partial charge is 0.459 e. The van der Waals surface area contributed by atoms with Gasteiger partial charge in [0.05, 0.1) is 18.4 Å². The molecule has 3 rings (SSSR count). The SMILES string of the molecule is COCc1cccc(C(=O)OCc2nnc(-c3ccco3)o2)c1.